The standard InChI is InChI=1S/C21H22F3N3O3.C18H15BrF3N3O2.2O2S/c1-4-8-28-19(27-29-12-21(22,23)24)15-10-14(5-2)18(25-11-15)20-26-16-9-13(3)6-7-17(16)30-20;1-3-11-7-12(16(19)25-26-9-18(20,21)22)8-23-15(11)17-24-13-6-10(2)4-5-14(13)27-17;2*1-3-2/h6-7,9-11H,4-5,8,12H2,1-3H3;4-8H,3,9H2,1-2H3;;/b27-19-;25-16-;;. The molecule has 4 aromatic heterocycles. The van der Waals surface area contributed by atoms with Crippen molar-refractivity contribution in [3.63, 3.8) is 0 Å². The highest BCUT2D eigenvalue weighted by molar-refractivity contribution is 9.18. The number of nitrogens with zero attached hydrogens (tertiary/aromatic N) is 6. The molecule has 0 N–H and O–H groups in total. The minimum absolute atomic E-state index is 0.0527. The Balaban J connectivity index is 0.000000299. The topological polar surface area (TPSA) is 199 Å². The molecule has 0 aliphatic rings. The molecule has 0 atom stereocenters. The SMILES string of the molecule is CCCO/C(=N\OCC(F)(F)F)c1cnc(-c2nc3cc(C)ccc3o2)c(CC)c1.CCc1cc(/C(Br)=N/OCC(F)(F)F)cnc1-c1nc2cc(C)ccc2o1.O=S=O.O=S=O. The first-order valence-electron chi connectivity index (χ1n) is 18.3. The van der Waals surface area contributed by atoms with Crippen LogP contribution in [-0.4, -0.2) is 79.5 Å². The lowest BCUT2D eigenvalue weighted by Gasteiger charge is -2.11. The first-order valence-corrected chi connectivity index (χ1v) is 20.4. The van der Waals surface area contributed by atoms with Crippen molar-refractivity contribution in [1.82, 2.24) is 19.9 Å². The fraction of sp³-hybridized carbons (Fsp3) is 0.333. The van der Waals surface area contributed by atoms with Gasteiger partial charge in [-0.15, -0.1) is 0 Å². The van der Waals surface area contributed by atoms with Crippen LogP contribution in [0.25, 0.3) is 45.4 Å². The van der Waals surface area contributed by atoms with Gasteiger partial charge >= 0.3 is 35.5 Å². The van der Waals surface area contributed by atoms with Crippen molar-refractivity contribution in [3.8, 4) is 23.2 Å². The maximum Gasteiger partial charge on any atom is 0.425 e. The van der Waals surface area contributed by atoms with Crippen LogP contribution >= 0.6 is 15.9 Å². The van der Waals surface area contributed by atoms with Gasteiger partial charge in [0.15, 0.2) is 15.8 Å². The van der Waals surface area contributed by atoms with Gasteiger partial charge in [-0.2, -0.15) is 43.2 Å². The highest BCUT2D eigenvalue weighted by Crippen LogP contribution is 2.29. The Hall–Kier alpha value is -5.88. The van der Waals surface area contributed by atoms with E-state index in [1.165, 1.54) is 12.4 Å². The summed E-state index contributed by atoms with van der Waals surface area (Å²) in [6.45, 7) is 7.00. The van der Waals surface area contributed by atoms with Gasteiger partial charge in [0.2, 0.25) is 25.0 Å². The number of oxazole rings is 2. The van der Waals surface area contributed by atoms with Crippen LogP contribution < -0.4 is 0 Å². The number of hydrogen-bond donors (Lipinski definition) is 0. The number of hydrogen-bond acceptors (Lipinski definition) is 15. The van der Waals surface area contributed by atoms with Crippen LogP contribution in [0.1, 0.15) is 60.6 Å². The zero-order valence-electron chi connectivity index (χ0n) is 33.8. The zero-order chi connectivity index (χ0) is 46.7. The molecule has 0 radical (unpaired) electrons. The lowest BCUT2D eigenvalue weighted by Crippen LogP contribution is -2.17. The third-order valence-corrected chi connectivity index (χ3v) is 8.47. The number of aromatic nitrogens is 4. The Morgan fingerprint density at radius 2 is 1.11 bits per heavy atom. The summed E-state index contributed by atoms with van der Waals surface area (Å²) in [6, 6.07) is 14.9. The fourth-order valence-electron chi connectivity index (χ4n) is 5.19. The van der Waals surface area contributed by atoms with Crippen molar-refractivity contribution in [2.45, 2.75) is 66.2 Å². The maximum absolute atomic E-state index is 12.4. The van der Waals surface area contributed by atoms with Crippen LogP contribution in [0.4, 0.5) is 26.3 Å². The van der Waals surface area contributed by atoms with Crippen molar-refractivity contribution in [2.75, 3.05) is 19.8 Å². The second kappa shape index (κ2) is 24.7. The second-order valence-corrected chi connectivity index (χ2v) is 13.7. The van der Waals surface area contributed by atoms with E-state index in [4.69, 9.17) is 30.4 Å². The van der Waals surface area contributed by atoms with E-state index >= 15 is 0 Å². The number of pyridine rings is 2. The molecule has 0 aliphatic heterocycles. The first kappa shape index (κ1) is 51.5. The predicted molar refractivity (Wildman–Crippen MR) is 223 cm³/mol. The molecule has 0 spiro atoms. The van der Waals surface area contributed by atoms with Crippen molar-refractivity contribution in [2.24, 2.45) is 10.3 Å². The molecule has 6 aromatic rings. The Kier molecular flexibility index (Phi) is 20.2. The number of alkyl halides is 6. The molecule has 6 rings (SSSR count). The van der Waals surface area contributed by atoms with E-state index in [1.807, 2.05) is 71.0 Å². The van der Waals surface area contributed by atoms with Crippen LogP contribution in [-0.2, 0) is 50.4 Å². The van der Waals surface area contributed by atoms with Crippen LogP contribution in [0.5, 0.6) is 0 Å². The van der Waals surface area contributed by atoms with E-state index in [0.717, 1.165) is 33.3 Å². The number of aryl methyl sites for hydroxylation is 4. The average Bonchev–Trinajstić information content (AvgIpc) is 3.85. The number of halogens is 7. The van der Waals surface area contributed by atoms with Crippen molar-refractivity contribution in [3.05, 3.63) is 94.3 Å². The molecular weight excluding hydrogens is 954 g/mol. The lowest BCUT2D eigenvalue weighted by molar-refractivity contribution is -0.174. The van der Waals surface area contributed by atoms with Crippen LogP contribution in [0, 0.1) is 13.8 Å². The maximum atomic E-state index is 12.4. The van der Waals surface area contributed by atoms with Gasteiger partial charge in [0.1, 0.15) is 22.4 Å². The van der Waals surface area contributed by atoms with Gasteiger partial charge in [-0.05, 0) is 113 Å². The number of ether oxygens (including phenoxy) is 1. The molecule has 24 heteroatoms. The minimum Gasteiger partial charge on any atom is -0.475 e. The first-order chi connectivity index (χ1) is 29.9. The summed E-state index contributed by atoms with van der Waals surface area (Å²) >= 11 is 1.61. The molecule has 0 saturated carbocycles. The molecule has 15 nitrogen and oxygen atoms in total. The summed E-state index contributed by atoms with van der Waals surface area (Å²) in [6.07, 6.45) is -4.12. The molecule has 0 aliphatic carbocycles. The van der Waals surface area contributed by atoms with E-state index in [2.05, 4.69) is 55.9 Å². The predicted octanol–water partition coefficient (Wildman–Crippen LogP) is 9.48. The highest BCUT2D eigenvalue weighted by Gasteiger charge is 2.29. The normalized spacial score (nSPS) is 11.7. The Morgan fingerprint density at radius 1 is 0.683 bits per heavy atom. The Morgan fingerprint density at radius 3 is 1.54 bits per heavy atom. The Labute approximate surface area is 370 Å². The van der Waals surface area contributed by atoms with Gasteiger partial charge < -0.3 is 23.2 Å². The molecular formula is C39H37BrF6N6O9S2. The van der Waals surface area contributed by atoms with Crippen molar-refractivity contribution >= 4 is 71.8 Å². The third-order valence-electron chi connectivity index (χ3n) is 7.86. The smallest absolute Gasteiger partial charge is 0.425 e. The van der Waals surface area contributed by atoms with E-state index in [9.17, 15) is 26.3 Å². The molecule has 0 unspecified atom stereocenters. The molecule has 0 amide bonds. The van der Waals surface area contributed by atoms with Crippen LogP contribution in [0.3, 0.4) is 0 Å². The molecule has 2 aromatic carbocycles. The molecule has 0 fully saturated rings. The van der Waals surface area contributed by atoms with Crippen molar-refractivity contribution in [1.29, 1.82) is 0 Å². The van der Waals surface area contributed by atoms with Crippen LogP contribution in [0.15, 0.2) is 80.1 Å². The summed E-state index contributed by atoms with van der Waals surface area (Å²) in [5.41, 5.74) is 8.56. The van der Waals surface area contributed by atoms with Gasteiger partial charge in [0.25, 0.3) is 5.90 Å². The average molecular weight is 992 g/mol. The number of oxime groups is 2. The molecule has 338 valence electrons. The summed E-state index contributed by atoms with van der Waals surface area (Å²) in [7, 11) is 0. The number of rotatable bonds is 12. The summed E-state index contributed by atoms with van der Waals surface area (Å²) < 4.78 is 124. The zero-order valence-corrected chi connectivity index (χ0v) is 37.1. The third kappa shape index (κ3) is 16.4. The van der Waals surface area contributed by atoms with Crippen LogP contribution in [0.2, 0.25) is 0 Å². The monoisotopic (exact) mass is 990 g/mol. The number of benzene rings is 2. The summed E-state index contributed by atoms with van der Waals surface area (Å²) in [5, 5.41) is 6.97. The van der Waals surface area contributed by atoms with Crippen molar-refractivity contribution < 1.29 is 66.4 Å². The van der Waals surface area contributed by atoms with E-state index in [0.29, 0.717) is 64.7 Å². The highest BCUT2D eigenvalue weighted by atomic mass is 79.9. The molecule has 63 heavy (non-hydrogen) atoms. The lowest BCUT2D eigenvalue weighted by atomic mass is 10.1. The second-order valence-electron chi connectivity index (χ2n) is 12.7. The Bertz CT molecular complexity index is 2580. The van der Waals surface area contributed by atoms with E-state index in [1.54, 1.807) is 12.1 Å². The largest absolute Gasteiger partial charge is 0.475 e. The van der Waals surface area contributed by atoms with Gasteiger partial charge in [-0.1, -0.05) is 38.1 Å². The van der Waals surface area contributed by atoms with Gasteiger partial charge in [-0.3, -0.25) is 9.97 Å². The van der Waals surface area contributed by atoms with E-state index < -0.39 is 48.7 Å². The summed E-state index contributed by atoms with van der Waals surface area (Å²) in [4.78, 5) is 26.5. The van der Waals surface area contributed by atoms with Gasteiger partial charge in [0.05, 0.1) is 12.2 Å². The molecule has 0 saturated heterocycles. The van der Waals surface area contributed by atoms with E-state index in [-0.39, 0.29) is 17.1 Å². The molecule has 4 heterocycles. The van der Waals surface area contributed by atoms with Gasteiger partial charge in [-0.25, -0.2) is 9.97 Å². The minimum atomic E-state index is -4.48. The van der Waals surface area contributed by atoms with Gasteiger partial charge in [0, 0.05) is 18.0 Å². The fourth-order valence-corrected chi connectivity index (χ4v) is 5.51. The summed E-state index contributed by atoms with van der Waals surface area (Å²) in [5.74, 6) is 0.712. The number of fused-ring (bicyclic) bond motifs is 2. The molecule has 0 bridgehead atoms. The quantitative estimate of drug-likeness (QED) is 0.0487.